The van der Waals surface area contributed by atoms with Crippen LogP contribution in [-0.2, 0) is 19.1 Å². The van der Waals surface area contributed by atoms with Gasteiger partial charge in [-0.2, -0.15) is 0 Å². The van der Waals surface area contributed by atoms with Crippen LogP contribution in [0.4, 0.5) is 0 Å². The van der Waals surface area contributed by atoms with E-state index in [4.69, 9.17) is 9.84 Å². The summed E-state index contributed by atoms with van der Waals surface area (Å²) >= 11 is 0. The predicted molar refractivity (Wildman–Crippen MR) is 119 cm³/mol. The molecule has 13 nitrogen and oxygen atoms in total. The third-order valence-electron chi connectivity index (χ3n) is 5.82. The first-order valence-corrected chi connectivity index (χ1v) is 11.1. The molecular formula is C21H32N4O9. The van der Waals surface area contributed by atoms with Crippen LogP contribution in [0.15, 0.2) is 23.4 Å². The molecule has 3 N–H and O–H groups in total. The number of nitrogens with zero attached hydrogens (tertiary/aromatic N) is 4. The van der Waals surface area contributed by atoms with Crippen LogP contribution in [0.3, 0.4) is 0 Å². The van der Waals surface area contributed by atoms with Gasteiger partial charge in [0.25, 0.3) is 0 Å². The van der Waals surface area contributed by atoms with Gasteiger partial charge >= 0.3 is 17.9 Å². The zero-order valence-electron chi connectivity index (χ0n) is 19.0. The molecule has 1 heterocycles. The average Bonchev–Trinajstić information content (AvgIpc) is 2.75. The minimum absolute atomic E-state index is 0.129. The van der Waals surface area contributed by atoms with E-state index in [9.17, 15) is 34.7 Å². The van der Waals surface area contributed by atoms with Gasteiger partial charge in [-0.15, -0.1) is 0 Å². The van der Waals surface area contributed by atoms with Gasteiger partial charge in [-0.05, 0) is 12.8 Å². The van der Waals surface area contributed by atoms with Crippen molar-refractivity contribution in [1.29, 1.82) is 0 Å². The van der Waals surface area contributed by atoms with Crippen LogP contribution in [-0.4, -0.2) is 124 Å². The highest BCUT2D eigenvalue weighted by molar-refractivity contribution is 5.70. The summed E-state index contributed by atoms with van der Waals surface area (Å²) in [4.78, 5) is 49.7. The van der Waals surface area contributed by atoms with E-state index >= 15 is 0 Å². The lowest BCUT2D eigenvalue weighted by molar-refractivity contribution is -0.428. The number of aliphatic carboxylic acids is 3. The molecule has 1 atom stereocenters. The van der Waals surface area contributed by atoms with E-state index in [1.807, 2.05) is 0 Å². The van der Waals surface area contributed by atoms with Crippen molar-refractivity contribution in [3.63, 3.8) is 0 Å². The predicted octanol–water partition coefficient (Wildman–Crippen LogP) is -0.184. The van der Waals surface area contributed by atoms with Gasteiger partial charge in [0.1, 0.15) is 0 Å². The van der Waals surface area contributed by atoms with Gasteiger partial charge in [0.05, 0.1) is 37.8 Å². The lowest BCUT2D eigenvalue weighted by Crippen LogP contribution is -2.49. The zero-order valence-corrected chi connectivity index (χ0v) is 19.0. The molecule has 2 aliphatic rings. The molecule has 1 fully saturated rings. The molecule has 0 aromatic rings. The summed E-state index contributed by atoms with van der Waals surface area (Å²) in [7, 11) is 0. The number of hydrogen-bond acceptors (Lipinski definition) is 9. The van der Waals surface area contributed by atoms with Crippen molar-refractivity contribution in [3.8, 4) is 0 Å². The van der Waals surface area contributed by atoms with Gasteiger partial charge in [-0.1, -0.05) is 11.6 Å². The highest BCUT2D eigenvalue weighted by Gasteiger charge is 2.26. The van der Waals surface area contributed by atoms with E-state index in [0.717, 1.165) is 5.57 Å². The Morgan fingerprint density at radius 2 is 1.50 bits per heavy atom. The fourth-order valence-electron chi connectivity index (χ4n) is 4.04. The van der Waals surface area contributed by atoms with Gasteiger partial charge in [0.15, 0.2) is 0 Å². The molecule has 1 aliphatic heterocycles. The molecule has 1 saturated heterocycles. The Balaban J connectivity index is 2.20. The van der Waals surface area contributed by atoms with Gasteiger partial charge in [-0.3, -0.25) is 39.2 Å². The quantitative estimate of drug-likeness (QED) is 0.291. The van der Waals surface area contributed by atoms with Crippen molar-refractivity contribution in [2.24, 2.45) is 0 Å². The summed E-state index contributed by atoms with van der Waals surface area (Å²) in [6.45, 7) is 1.24. The molecule has 0 radical (unpaired) electrons. The van der Waals surface area contributed by atoms with E-state index in [1.165, 1.54) is 6.08 Å². The summed E-state index contributed by atoms with van der Waals surface area (Å²) in [6, 6.07) is -0.341. The molecular weight excluding hydrogens is 452 g/mol. The molecule has 0 saturated carbocycles. The molecule has 0 aromatic heterocycles. The molecule has 190 valence electrons. The highest BCUT2D eigenvalue weighted by atomic mass is 16.6. The molecule has 13 heteroatoms. The highest BCUT2D eigenvalue weighted by Crippen LogP contribution is 2.24. The lowest BCUT2D eigenvalue weighted by atomic mass is 9.96. The number of allylic oxidation sites excluding steroid dienone is 3. The van der Waals surface area contributed by atoms with Gasteiger partial charge in [-0.25, -0.2) is 0 Å². The van der Waals surface area contributed by atoms with Crippen LogP contribution in [0.2, 0.25) is 0 Å². The Morgan fingerprint density at radius 1 is 0.912 bits per heavy atom. The number of hydrogen-bond donors (Lipinski definition) is 3. The lowest BCUT2D eigenvalue weighted by Gasteiger charge is -2.34. The van der Waals surface area contributed by atoms with Crippen LogP contribution < -0.4 is 0 Å². The first kappa shape index (κ1) is 27.4. The topological polar surface area (TPSA) is 174 Å². The number of rotatable bonds is 9. The summed E-state index contributed by atoms with van der Waals surface area (Å²) in [5, 5.41) is 38.8. The average molecular weight is 485 g/mol. The van der Waals surface area contributed by atoms with Gasteiger partial charge in [0.2, 0.25) is 5.70 Å². The normalized spacial score (nSPS) is 22.1. The monoisotopic (exact) mass is 484 g/mol. The zero-order chi connectivity index (χ0) is 25.1. The van der Waals surface area contributed by atoms with Crippen LogP contribution in [0.1, 0.15) is 19.3 Å². The Morgan fingerprint density at radius 3 is 2.03 bits per heavy atom. The SMILES string of the molecule is O=C(O)CN1CCOCC(CC2=CC=C([N+](=O)[O-])CC2)N(CC(=O)O)CCN(CC(=O)O)CC1. The summed E-state index contributed by atoms with van der Waals surface area (Å²) < 4.78 is 5.81. The van der Waals surface area contributed by atoms with Crippen molar-refractivity contribution in [1.82, 2.24) is 14.7 Å². The second kappa shape index (κ2) is 13.7. The maximum absolute atomic E-state index is 11.6. The standard InChI is InChI=1S/C21H32N4O9/c26-19(27)12-22-5-6-23(13-20(28)29)9-10-34-15-18(24(8-7-22)14-21(30)31)11-16-1-3-17(4-2-16)25(32)33/h1,3,18H,2,4-15H2,(H,26,27)(H,28,29)(H,30,31). The number of carboxylic acid groups (broad SMARTS) is 3. The van der Waals surface area contributed by atoms with E-state index in [0.29, 0.717) is 38.9 Å². The molecule has 2 rings (SSSR count). The van der Waals surface area contributed by atoms with Crippen molar-refractivity contribution < 1.29 is 39.4 Å². The van der Waals surface area contributed by atoms with Crippen LogP contribution >= 0.6 is 0 Å². The number of ether oxygens (including phenoxy) is 1. The Kier molecular flexibility index (Phi) is 11.1. The minimum atomic E-state index is -1.03. The fraction of sp³-hybridized carbons (Fsp3) is 0.667. The van der Waals surface area contributed by atoms with Crippen LogP contribution in [0.5, 0.6) is 0 Å². The number of carboxylic acids is 3. The Bertz CT molecular complexity index is 814. The van der Waals surface area contributed by atoms with Crippen molar-refractivity contribution in [2.45, 2.75) is 25.3 Å². The van der Waals surface area contributed by atoms with E-state index < -0.39 is 22.8 Å². The Hall–Kier alpha value is -2.87. The van der Waals surface area contributed by atoms with E-state index in [2.05, 4.69) is 0 Å². The molecule has 1 unspecified atom stereocenters. The van der Waals surface area contributed by atoms with Crippen molar-refractivity contribution in [3.05, 3.63) is 33.5 Å². The van der Waals surface area contributed by atoms with Crippen molar-refractivity contribution >= 4 is 17.9 Å². The molecule has 34 heavy (non-hydrogen) atoms. The molecule has 0 amide bonds. The second-order valence-corrected chi connectivity index (χ2v) is 8.38. The minimum Gasteiger partial charge on any atom is -0.480 e. The fourth-order valence-corrected chi connectivity index (χ4v) is 4.04. The first-order chi connectivity index (χ1) is 16.1. The number of nitro groups is 1. The van der Waals surface area contributed by atoms with Crippen LogP contribution in [0.25, 0.3) is 0 Å². The maximum Gasteiger partial charge on any atom is 0.317 e. The van der Waals surface area contributed by atoms with Crippen LogP contribution in [0, 0.1) is 10.1 Å². The molecule has 0 aromatic carbocycles. The summed E-state index contributed by atoms with van der Waals surface area (Å²) in [6.07, 6.45) is 4.40. The maximum atomic E-state index is 11.6. The smallest absolute Gasteiger partial charge is 0.317 e. The molecule has 0 spiro atoms. The van der Waals surface area contributed by atoms with Gasteiger partial charge in [0, 0.05) is 51.3 Å². The molecule has 1 aliphatic carbocycles. The van der Waals surface area contributed by atoms with E-state index in [-0.39, 0.29) is 57.7 Å². The Labute approximate surface area is 197 Å². The second-order valence-electron chi connectivity index (χ2n) is 8.38. The third kappa shape index (κ3) is 9.95. The van der Waals surface area contributed by atoms with Gasteiger partial charge < -0.3 is 20.1 Å². The first-order valence-electron chi connectivity index (χ1n) is 11.1. The largest absolute Gasteiger partial charge is 0.480 e. The number of carbonyl (C=O) groups is 3. The van der Waals surface area contributed by atoms with E-state index in [1.54, 1.807) is 20.8 Å². The molecule has 0 bridgehead atoms. The summed E-state index contributed by atoms with van der Waals surface area (Å²) in [5.41, 5.74) is 1.07. The summed E-state index contributed by atoms with van der Waals surface area (Å²) in [5.74, 6) is -3.04. The van der Waals surface area contributed by atoms with Crippen molar-refractivity contribution in [2.75, 3.05) is 65.6 Å². The third-order valence-corrected chi connectivity index (χ3v) is 5.82.